The number of hydrogen-bond acceptors (Lipinski definition) is 3. The van der Waals surface area contributed by atoms with Gasteiger partial charge in [-0.3, -0.25) is 4.79 Å². The Morgan fingerprint density at radius 2 is 2.26 bits per heavy atom. The normalized spacial score (nSPS) is 21.0. The number of amides is 1. The van der Waals surface area contributed by atoms with Gasteiger partial charge in [0, 0.05) is 6.54 Å². The molecule has 1 aromatic rings. The molecule has 1 aliphatic heterocycles. The van der Waals surface area contributed by atoms with E-state index in [2.05, 4.69) is 15.9 Å². The highest BCUT2D eigenvalue weighted by Crippen LogP contribution is 2.25. The number of carbonyl (C=O) groups is 1. The van der Waals surface area contributed by atoms with E-state index in [0.717, 1.165) is 4.47 Å². The average Bonchev–Trinajstić information content (AvgIpc) is 2.41. The van der Waals surface area contributed by atoms with Crippen LogP contribution in [-0.4, -0.2) is 42.7 Å². The number of rotatable bonds is 3. The molecule has 0 N–H and O–H groups in total. The quantitative estimate of drug-likeness (QED) is 0.856. The number of morpholine rings is 1. The molecule has 0 bridgehead atoms. The summed E-state index contributed by atoms with van der Waals surface area (Å²) < 4.78 is 11.9. The van der Waals surface area contributed by atoms with Crippen LogP contribution in [0.1, 0.15) is 13.8 Å². The first kappa shape index (κ1) is 14.3. The number of benzene rings is 1. The van der Waals surface area contributed by atoms with Gasteiger partial charge in [0.1, 0.15) is 5.75 Å². The van der Waals surface area contributed by atoms with Gasteiger partial charge in [-0.1, -0.05) is 12.1 Å². The summed E-state index contributed by atoms with van der Waals surface area (Å²) in [5.74, 6) is 0.691. The summed E-state index contributed by atoms with van der Waals surface area (Å²) in [4.78, 5) is 14.2. The third-order valence-corrected chi connectivity index (χ3v) is 3.79. The van der Waals surface area contributed by atoms with E-state index in [1.807, 2.05) is 36.1 Å². The van der Waals surface area contributed by atoms with Gasteiger partial charge in [0.2, 0.25) is 0 Å². The average molecular weight is 328 g/mol. The number of nitrogens with zero attached hydrogens (tertiary/aromatic N) is 1. The summed E-state index contributed by atoms with van der Waals surface area (Å²) >= 11 is 3.41. The van der Waals surface area contributed by atoms with Gasteiger partial charge >= 0.3 is 0 Å². The second-order valence-corrected chi connectivity index (χ2v) is 5.50. The maximum atomic E-state index is 12.4. The molecule has 1 aromatic carbocycles. The number of para-hydroxylation sites is 1. The van der Waals surface area contributed by atoms with Crippen molar-refractivity contribution in [2.24, 2.45) is 0 Å². The minimum atomic E-state index is -0.501. The van der Waals surface area contributed by atoms with E-state index in [-0.39, 0.29) is 11.9 Å². The SMILES string of the molecule is CC(Oc1ccccc1Br)C(=O)N1CCOCC1C. The maximum absolute atomic E-state index is 12.4. The van der Waals surface area contributed by atoms with E-state index in [1.54, 1.807) is 6.92 Å². The van der Waals surface area contributed by atoms with Crippen LogP contribution in [0.15, 0.2) is 28.7 Å². The van der Waals surface area contributed by atoms with E-state index in [0.29, 0.717) is 25.5 Å². The number of hydrogen-bond donors (Lipinski definition) is 0. The fourth-order valence-corrected chi connectivity index (χ4v) is 2.45. The van der Waals surface area contributed by atoms with Crippen LogP contribution in [0.25, 0.3) is 0 Å². The fraction of sp³-hybridized carbons (Fsp3) is 0.500. The molecule has 104 valence electrons. The maximum Gasteiger partial charge on any atom is 0.263 e. The summed E-state index contributed by atoms with van der Waals surface area (Å²) in [5, 5.41) is 0. The monoisotopic (exact) mass is 327 g/mol. The standard InChI is InChI=1S/C14H18BrNO3/c1-10-9-18-8-7-16(10)14(17)11(2)19-13-6-4-3-5-12(13)15/h3-6,10-11H,7-9H2,1-2H3. The van der Waals surface area contributed by atoms with Gasteiger partial charge in [-0.15, -0.1) is 0 Å². The summed E-state index contributed by atoms with van der Waals surface area (Å²) in [7, 11) is 0. The van der Waals surface area contributed by atoms with Crippen molar-refractivity contribution < 1.29 is 14.3 Å². The molecule has 19 heavy (non-hydrogen) atoms. The molecule has 2 unspecified atom stereocenters. The van der Waals surface area contributed by atoms with Gasteiger partial charge in [-0.2, -0.15) is 0 Å². The molecule has 0 aromatic heterocycles. The summed E-state index contributed by atoms with van der Waals surface area (Å²) in [6.45, 7) is 5.58. The Kier molecular flexibility index (Phi) is 4.82. The molecule has 1 heterocycles. The van der Waals surface area contributed by atoms with Crippen molar-refractivity contribution in [1.82, 2.24) is 4.90 Å². The first-order valence-electron chi connectivity index (χ1n) is 6.39. The van der Waals surface area contributed by atoms with Crippen molar-refractivity contribution in [1.29, 1.82) is 0 Å². The molecule has 0 saturated carbocycles. The largest absolute Gasteiger partial charge is 0.480 e. The van der Waals surface area contributed by atoms with Gasteiger partial charge in [0.15, 0.2) is 6.10 Å². The van der Waals surface area contributed by atoms with Crippen molar-refractivity contribution in [2.45, 2.75) is 26.0 Å². The second-order valence-electron chi connectivity index (χ2n) is 4.65. The smallest absolute Gasteiger partial charge is 0.263 e. The molecule has 4 nitrogen and oxygen atoms in total. The molecule has 1 saturated heterocycles. The predicted molar refractivity (Wildman–Crippen MR) is 76.2 cm³/mol. The van der Waals surface area contributed by atoms with Crippen LogP contribution in [0.4, 0.5) is 0 Å². The lowest BCUT2D eigenvalue weighted by Crippen LogP contribution is -2.51. The van der Waals surface area contributed by atoms with Crippen molar-refractivity contribution in [3.63, 3.8) is 0 Å². The van der Waals surface area contributed by atoms with E-state index < -0.39 is 6.10 Å². The highest BCUT2D eigenvalue weighted by molar-refractivity contribution is 9.10. The Hall–Kier alpha value is -1.07. The number of ether oxygens (including phenoxy) is 2. The number of carbonyl (C=O) groups excluding carboxylic acids is 1. The Labute approximate surface area is 121 Å². The van der Waals surface area contributed by atoms with Gasteiger partial charge < -0.3 is 14.4 Å². The molecule has 1 fully saturated rings. The van der Waals surface area contributed by atoms with E-state index >= 15 is 0 Å². The molecular weight excluding hydrogens is 310 g/mol. The Morgan fingerprint density at radius 3 is 2.95 bits per heavy atom. The zero-order valence-electron chi connectivity index (χ0n) is 11.1. The minimum absolute atomic E-state index is 0.00607. The summed E-state index contributed by atoms with van der Waals surface area (Å²) in [6.07, 6.45) is -0.501. The molecule has 1 aliphatic rings. The molecular formula is C14H18BrNO3. The molecule has 0 radical (unpaired) electrons. The van der Waals surface area contributed by atoms with Crippen LogP contribution in [0.5, 0.6) is 5.75 Å². The topological polar surface area (TPSA) is 38.8 Å². The molecule has 0 spiro atoms. The lowest BCUT2D eigenvalue weighted by atomic mass is 10.2. The van der Waals surface area contributed by atoms with Gasteiger partial charge in [-0.25, -0.2) is 0 Å². The van der Waals surface area contributed by atoms with E-state index in [9.17, 15) is 4.79 Å². The molecule has 1 amide bonds. The van der Waals surface area contributed by atoms with Gasteiger partial charge in [-0.05, 0) is 41.9 Å². The summed E-state index contributed by atoms with van der Waals surface area (Å²) in [6, 6.07) is 7.63. The Bertz CT molecular complexity index is 452. The highest BCUT2D eigenvalue weighted by atomic mass is 79.9. The van der Waals surface area contributed by atoms with Crippen LogP contribution in [0.2, 0.25) is 0 Å². The third kappa shape index (κ3) is 3.48. The minimum Gasteiger partial charge on any atom is -0.480 e. The van der Waals surface area contributed by atoms with Crippen molar-refractivity contribution >= 4 is 21.8 Å². The molecule has 2 atom stereocenters. The van der Waals surface area contributed by atoms with Crippen LogP contribution >= 0.6 is 15.9 Å². The van der Waals surface area contributed by atoms with Crippen molar-refractivity contribution in [3.8, 4) is 5.75 Å². The molecule has 0 aliphatic carbocycles. The first-order chi connectivity index (χ1) is 9.09. The van der Waals surface area contributed by atoms with Gasteiger partial charge in [0.25, 0.3) is 5.91 Å². The zero-order valence-corrected chi connectivity index (χ0v) is 12.7. The van der Waals surface area contributed by atoms with E-state index in [1.165, 1.54) is 0 Å². The Balaban J connectivity index is 2.01. The molecule has 5 heteroatoms. The predicted octanol–water partition coefficient (Wildman–Crippen LogP) is 2.46. The fourth-order valence-electron chi connectivity index (χ4n) is 2.07. The van der Waals surface area contributed by atoms with Gasteiger partial charge in [0.05, 0.1) is 23.7 Å². The zero-order chi connectivity index (χ0) is 13.8. The summed E-state index contributed by atoms with van der Waals surface area (Å²) in [5.41, 5.74) is 0. The highest BCUT2D eigenvalue weighted by Gasteiger charge is 2.28. The Morgan fingerprint density at radius 1 is 1.53 bits per heavy atom. The van der Waals surface area contributed by atoms with Crippen LogP contribution in [-0.2, 0) is 9.53 Å². The van der Waals surface area contributed by atoms with Crippen molar-refractivity contribution in [3.05, 3.63) is 28.7 Å². The van der Waals surface area contributed by atoms with Crippen LogP contribution in [0.3, 0.4) is 0 Å². The lowest BCUT2D eigenvalue weighted by molar-refractivity contribution is -0.145. The van der Waals surface area contributed by atoms with Crippen molar-refractivity contribution in [2.75, 3.05) is 19.8 Å². The lowest BCUT2D eigenvalue weighted by Gasteiger charge is -2.35. The van der Waals surface area contributed by atoms with Crippen LogP contribution < -0.4 is 4.74 Å². The first-order valence-corrected chi connectivity index (χ1v) is 7.18. The van der Waals surface area contributed by atoms with Crippen LogP contribution in [0, 0.1) is 0 Å². The van der Waals surface area contributed by atoms with E-state index in [4.69, 9.17) is 9.47 Å². The third-order valence-electron chi connectivity index (χ3n) is 3.14. The second kappa shape index (κ2) is 6.39. The number of halogens is 1. The molecule has 2 rings (SSSR count).